The van der Waals surface area contributed by atoms with Gasteiger partial charge in [-0.25, -0.2) is 0 Å². The highest BCUT2D eigenvalue weighted by atomic mass is 16.5. The molecular weight excluding hydrogens is 514 g/mol. The maximum Gasteiger partial charge on any atom is 0.318 e. The van der Waals surface area contributed by atoms with Gasteiger partial charge in [0.15, 0.2) is 0 Å². The number of hydrogen-bond donors (Lipinski definition) is 0. The van der Waals surface area contributed by atoms with E-state index >= 15 is 0 Å². The lowest BCUT2D eigenvalue weighted by Crippen LogP contribution is -2.55. The van der Waals surface area contributed by atoms with Crippen molar-refractivity contribution in [3.63, 3.8) is 0 Å². The summed E-state index contributed by atoms with van der Waals surface area (Å²) in [6.45, 7) is 9.79. The van der Waals surface area contributed by atoms with Crippen LogP contribution in [0.5, 0.6) is 6.01 Å². The van der Waals surface area contributed by atoms with E-state index < -0.39 is 0 Å². The Hall–Kier alpha value is -3.64. The first-order valence-electron chi connectivity index (χ1n) is 15.1. The molecule has 5 aliphatic rings. The van der Waals surface area contributed by atoms with Gasteiger partial charge < -0.3 is 24.3 Å². The van der Waals surface area contributed by atoms with E-state index in [0.717, 1.165) is 62.4 Å². The van der Waals surface area contributed by atoms with E-state index in [0.29, 0.717) is 38.2 Å². The summed E-state index contributed by atoms with van der Waals surface area (Å²) in [4.78, 5) is 31.4. The van der Waals surface area contributed by atoms with Crippen LogP contribution in [0.25, 0.3) is 0 Å². The molecule has 3 aliphatic heterocycles. The Morgan fingerprint density at radius 3 is 2.90 bits per heavy atom. The number of rotatable bonds is 7. The van der Waals surface area contributed by atoms with Crippen molar-refractivity contribution < 1.29 is 9.53 Å². The first kappa shape index (κ1) is 26.3. The zero-order valence-corrected chi connectivity index (χ0v) is 24.0. The number of likely N-dealkylation sites (tertiary alicyclic amines) is 1. The lowest BCUT2D eigenvalue weighted by molar-refractivity contribution is -0.128. The maximum atomic E-state index is 12.5. The van der Waals surface area contributed by atoms with Gasteiger partial charge in [-0.05, 0) is 74.4 Å². The van der Waals surface area contributed by atoms with Crippen LogP contribution < -0.4 is 14.5 Å². The minimum Gasteiger partial charge on any atom is -0.463 e. The normalized spacial score (nSPS) is 26.7. The standard InChI is InChI=1S/C32H39N7O2/c1-3-29(40)39-14-13-38(18-24(39)7-10-33)31-25-9-12-37(28-6-4-5-22-15-23-16-26(23)30(22)28)19-27(25)34-32(35-31)41-20-21-8-11-36(2)17-21/h3-6,21,23-24,26H,1,7-9,11-20H2,2H3/t21?,23?,24-,26?/m0/s1. The van der Waals surface area contributed by atoms with Crippen LogP contribution in [0, 0.1) is 23.2 Å². The second kappa shape index (κ2) is 10.6. The number of piperazine rings is 1. The number of amides is 1. The summed E-state index contributed by atoms with van der Waals surface area (Å²) in [5.74, 6) is 2.84. The van der Waals surface area contributed by atoms with Crippen LogP contribution in [-0.4, -0.2) is 84.6 Å². The fraction of sp³-hybridized carbons (Fsp3) is 0.562. The highest BCUT2D eigenvalue weighted by molar-refractivity contribution is 5.87. The number of anilines is 2. The molecule has 2 aromatic rings. The number of fused-ring (bicyclic) bond motifs is 4. The van der Waals surface area contributed by atoms with E-state index in [-0.39, 0.29) is 18.4 Å². The Morgan fingerprint density at radius 1 is 1.20 bits per heavy atom. The van der Waals surface area contributed by atoms with Gasteiger partial charge >= 0.3 is 6.01 Å². The van der Waals surface area contributed by atoms with Gasteiger partial charge in [0.25, 0.3) is 0 Å². The molecule has 4 heterocycles. The second-order valence-corrected chi connectivity index (χ2v) is 12.5. The summed E-state index contributed by atoms with van der Waals surface area (Å²) in [5.41, 5.74) is 6.67. The van der Waals surface area contributed by atoms with Crippen molar-refractivity contribution in [1.82, 2.24) is 19.8 Å². The fourth-order valence-corrected chi connectivity index (χ4v) is 7.60. The Bertz CT molecular complexity index is 1400. The quantitative estimate of drug-likeness (QED) is 0.484. The molecule has 1 saturated carbocycles. The third kappa shape index (κ3) is 4.93. The minimum atomic E-state index is -0.207. The molecule has 0 spiro atoms. The van der Waals surface area contributed by atoms with Crippen molar-refractivity contribution in [3.05, 3.63) is 53.2 Å². The smallest absolute Gasteiger partial charge is 0.318 e. The number of carbonyl (C=O) groups excluding carboxylic acids is 1. The summed E-state index contributed by atoms with van der Waals surface area (Å²) < 4.78 is 6.30. The number of carbonyl (C=O) groups is 1. The van der Waals surface area contributed by atoms with Crippen LogP contribution in [0.4, 0.5) is 11.5 Å². The van der Waals surface area contributed by atoms with Gasteiger partial charge in [-0.3, -0.25) is 4.79 Å². The van der Waals surface area contributed by atoms with Crippen molar-refractivity contribution in [2.45, 2.75) is 50.6 Å². The largest absolute Gasteiger partial charge is 0.463 e. The minimum absolute atomic E-state index is 0.121. The van der Waals surface area contributed by atoms with E-state index in [1.807, 2.05) is 0 Å². The summed E-state index contributed by atoms with van der Waals surface area (Å²) in [6.07, 6.45) is 6.15. The molecule has 0 N–H and O–H groups in total. The Labute approximate surface area is 242 Å². The Balaban J connectivity index is 1.19. The molecule has 9 nitrogen and oxygen atoms in total. The number of aromatic nitrogens is 2. The first-order chi connectivity index (χ1) is 20.0. The van der Waals surface area contributed by atoms with Gasteiger partial charge in [-0.15, -0.1) is 0 Å². The van der Waals surface area contributed by atoms with Gasteiger partial charge in [-0.2, -0.15) is 15.2 Å². The second-order valence-electron chi connectivity index (χ2n) is 12.5. The average Bonchev–Trinajstić information content (AvgIpc) is 3.46. The molecule has 0 bridgehead atoms. The third-order valence-corrected chi connectivity index (χ3v) is 9.82. The van der Waals surface area contributed by atoms with Gasteiger partial charge in [0, 0.05) is 49.9 Å². The van der Waals surface area contributed by atoms with Crippen LogP contribution in [0.15, 0.2) is 30.9 Å². The molecule has 0 radical (unpaired) electrons. The van der Waals surface area contributed by atoms with Crippen molar-refractivity contribution in [3.8, 4) is 12.1 Å². The number of nitrogens with zero attached hydrogens (tertiary/aromatic N) is 7. The predicted octanol–water partition coefficient (Wildman–Crippen LogP) is 3.15. The molecule has 41 heavy (non-hydrogen) atoms. The molecule has 7 rings (SSSR count). The number of benzene rings is 1. The van der Waals surface area contributed by atoms with Crippen LogP contribution in [0.3, 0.4) is 0 Å². The lowest BCUT2D eigenvalue weighted by Gasteiger charge is -2.42. The van der Waals surface area contributed by atoms with Crippen LogP contribution in [0.2, 0.25) is 0 Å². The van der Waals surface area contributed by atoms with Gasteiger partial charge in [0.1, 0.15) is 5.82 Å². The molecule has 1 aromatic heterocycles. The van der Waals surface area contributed by atoms with E-state index in [1.165, 1.54) is 35.7 Å². The van der Waals surface area contributed by atoms with Gasteiger partial charge in [-0.1, -0.05) is 18.7 Å². The van der Waals surface area contributed by atoms with Gasteiger partial charge in [0.2, 0.25) is 5.91 Å². The summed E-state index contributed by atoms with van der Waals surface area (Å²) in [6, 6.07) is 9.33. The molecule has 2 saturated heterocycles. The molecule has 2 aliphatic carbocycles. The molecule has 1 aromatic carbocycles. The molecule has 214 valence electrons. The Kier molecular flexibility index (Phi) is 6.82. The first-order valence-corrected chi connectivity index (χ1v) is 15.1. The van der Waals surface area contributed by atoms with Gasteiger partial charge in [0.05, 0.1) is 37.4 Å². The van der Waals surface area contributed by atoms with E-state index in [4.69, 9.17) is 14.7 Å². The number of hydrogen-bond acceptors (Lipinski definition) is 8. The fourth-order valence-electron chi connectivity index (χ4n) is 7.60. The topological polar surface area (TPSA) is 88.8 Å². The molecule has 1 amide bonds. The van der Waals surface area contributed by atoms with E-state index in [9.17, 15) is 10.1 Å². The summed E-state index contributed by atoms with van der Waals surface area (Å²) in [7, 11) is 2.15. The number of ether oxygens (including phenoxy) is 1. The highest BCUT2D eigenvalue weighted by Gasteiger charge is 2.47. The molecular formula is C32H39N7O2. The van der Waals surface area contributed by atoms with Crippen LogP contribution in [0.1, 0.15) is 47.6 Å². The highest BCUT2D eigenvalue weighted by Crippen LogP contribution is 2.59. The lowest BCUT2D eigenvalue weighted by atomic mass is 9.99. The molecule has 3 fully saturated rings. The van der Waals surface area contributed by atoms with Crippen molar-refractivity contribution in [1.29, 1.82) is 5.26 Å². The van der Waals surface area contributed by atoms with Crippen LogP contribution >= 0.6 is 0 Å². The predicted molar refractivity (Wildman–Crippen MR) is 157 cm³/mol. The summed E-state index contributed by atoms with van der Waals surface area (Å²) in [5, 5.41) is 9.51. The average molecular weight is 554 g/mol. The van der Waals surface area contributed by atoms with Crippen molar-refractivity contribution >= 4 is 17.4 Å². The van der Waals surface area contributed by atoms with Crippen molar-refractivity contribution in [2.24, 2.45) is 11.8 Å². The molecule has 4 atom stereocenters. The zero-order chi connectivity index (χ0) is 28.1. The van der Waals surface area contributed by atoms with E-state index in [1.54, 1.807) is 10.5 Å². The maximum absolute atomic E-state index is 12.5. The Morgan fingerprint density at radius 2 is 2.10 bits per heavy atom. The van der Waals surface area contributed by atoms with Crippen LogP contribution in [-0.2, 0) is 24.2 Å². The monoisotopic (exact) mass is 553 g/mol. The molecule has 9 heteroatoms. The third-order valence-electron chi connectivity index (χ3n) is 9.82. The van der Waals surface area contributed by atoms with E-state index in [2.05, 4.69) is 52.6 Å². The number of nitriles is 1. The van der Waals surface area contributed by atoms with Crippen molar-refractivity contribution in [2.75, 3.05) is 62.7 Å². The molecule has 3 unspecified atom stereocenters. The zero-order valence-electron chi connectivity index (χ0n) is 24.0. The SMILES string of the molecule is C=CC(=O)N1CCN(c2nc(OCC3CCN(C)C3)nc3c2CCN(c2cccc4c2C2CC2C4)C3)C[C@@H]1CC#N. The summed E-state index contributed by atoms with van der Waals surface area (Å²) >= 11 is 0.